The van der Waals surface area contributed by atoms with E-state index in [1.807, 2.05) is 12.3 Å². The molecule has 0 saturated heterocycles. The molecule has 5 nitrogen and oxygen atoms in total. The summed E-state index contributed by atoms with van der Waals surface area (Å²) in [6.45, 7) is 24.6. The minimum absolute atomic E-state index is 0. The van der Waals surface area contributed by atoms with Crippen LogP contribution < -0.4 is 14.5 Å². The normalized spacial score (nSPS) is 12.9. The second-order valence-corrected chi connectivity index (χ2v) is 18.9. The molecule has 0 fully saturated rings. The van der Waals surface area contributed by atoms with Crippen LogP contribution in [0.5, 0.6) is 11.5 Å². The summed E-state index contributed by atoms with van der Waals surface area (Å²) in [6.07, 6.45) is 1.91. The van der Waals surface area contributed by atoms with Gasteiger partial charge in [-0.25, -0.2) is 4.98 Å². The van der Waals surface area contributed by atoms with Crippen LogP contribution in [-0.2, 0) is 37.3 Å². The fraction of sp³-hybridized carbons (Fsp3) is 0.232. The second kappa shape index (κ2) is 16.6. The number of anilines is 4. The molecule has 9 rings (SSSR count). The largest absolute Gasteiger partial charge is 4.00 e. The Labute approximate surface area is 383 Å². The number of para-hydroxylation sites is 1. The Kier molecular flexibility index (Phi) is 11.9. The first-order valence-corrected chi connectivity index (χ1v) is 21.0. The average Bonchev–Trinajstić information content (AvgIpc) is 3.76. The number of fused-ring (bicyclic) bond motifs is 4. The van der Waals surface area contributed by atoms with Gasteiger partial charge in [-0.1, -0.05) is 122 Å². The number of hydrogen-bond donors (Lipinski definition) is 0. The van der Waals surface area contributed by atoms with Crippen molar-refractivity contribution in [3.05, 3.63) is 193 Å². The first kappa shape index (κ1) is 44.4. The van der Waals surface area contributed by atoms with E-state index in [-0.39, 0.29) is 44.7 Å². The maximum absolute atomic E-state index is 6.83. The Morgan fingerprint density at radius 3 is 1.94 bits per heavy atom. The number of hydrogen-bond acceptors (Lipinski definition) is 4. The van der Waals surface area contributed by atoms with Gasteiger partial charge in [-0.3, -0.25) is 0 Å². The molecule has 0 radical (unpaired) electrons. The van der Waals surface area contributed by atoms with Gasteiger partial charge >= 0.3 is 21.1 Å². The van der Waals surface area contributed by atoms with Crippen molar-refractivity contribution in [1.29, 1.82) is 0 Å². The van der Waals surface area contributed by atoms with Crippen LogP contribution in [0.3, 0.4) is 0 Å². The third-order valence-electron chi connectivity index (χ3n) is 12.3. The Balaban J connectivity index is 0.00000289. The van der Waals surface area contributed by atoms with Crippen molar-refractivity contribution in [2.45, 2.75) is 85.5 Å². The van der Waals surface area contributed by atoms with Gasteiger partial charge in [-0.2, -0.15) is 6.07 Å². The molecule has 0 aliphatic carbocycles. The van der Waals surface area contributed by atoms with E-state index < -0.39 is 0 Å². The minimum atomic E-state index is -0.175. The molecule has 6 aromatic carbocycles. The molecule has 8 aromatic rings. The topological polar surface area (TPSA) is 33.5 Å². The van der Waals surface area contributed by atoms with Crippen molar-refractivity contribution >= 4 is 44.6 Å². The van der Waals surface area contributed by atoms with Crippen LogP contribution in [0.15, 0.2) is 134 Å². The van der Waals surface area contributed by atoms with Gasteiger partial charge in [0.1, 0.15) is 5.82 Å². The molecule has 0 saturated carbocycles. The molecule has 0 unspecified atom stereocenters. The summed E-state index contributed by atoms with van der Waals surface area (Å²) in [5, 5.41) is 2.24. The predicted molar refractivity (Wildman–Crippen MR) is 256 cm³/mol. The van der Waals surface area contributed by atoms with E-state index in [1.54, 1.807) is 0 Å². The standard InChI is InChI=1S/C55H53N4O.CH3.Pt/c1-36-27-50-51(28-37(36)2)58(35-57(50)42-20-16-19-40(29-42)55(9,10)38-17-12-11-13-18-38)43-30-41(54(6,7)8)31-45(33-43)60-44-23-24-47-46-21-14-15-22-48(46)59(49(47)34-44)52-32-39(25-26-56-52)53(3,4)5;;/h11-32,35H,1-10H3;1H3;/q-3;-1;+4. The smallest absolute Gasteiger partial charge is 0.509 e. The van der Waals surface area contributed by atoms with Crippen molar-refractivity contribution < 1.29 is 25.8 Å². The second-order valence-electron chi connectivity index (χ2n) is 18.9. The van der Waals surface area contributed by atoms with Crippen LogP contribution in [0.2, 0.25) is 0 Å². The molecular formula is C56H56N4OPt. The number of benzene rings is 6. The van der Waals surface area contributed by atoms with Crippen molar-refractivity contribution in [2.75, 3.05) is 9.80 Å². The molecule has 6 heteroatoms. The van der Waals surface area contributed by atoms with Crippen LogP contribution >= 0.6 is 0 Å². The van der Waals surface area contributed by atoms with Gasteiger partial charge in [0.15, 0.2) is 0 Å². The fourth-order valence-electron chi connectivity index (χ4n) is 8.32. The van der Waals surface area contributed by atoms with Crippen LogP contribution in [-0.4, -0.2) is 9.55 Å². The first-order valence-electron chi connectivity index (χ1n) is 21.0. The zero-order valence-electron chi connectivity index (χ0n) is 37.8. The summed E-state index contributed by atoms with van der Waals surface area (Å²) < 4.78 is 9.03. The third-order valence-corrected chi connectivity index (χ3v) is 12.3. The van der Waals surface area contributed by atoms with Crippen LogP contribution in [0.1, 0.15) is 88.8 Å². The van der Waals surface area contributed by atoms with Crippen molar-refractivity contribution in [2.24, 2.45) is 0 Å². The summed E-state index contributed by atoms with van der Waals surface area (Å²) in [7, 11) is 0. The SMILES string of the molecule is Cc1cc2c(cc1C)N(c1cccc(C(C)(C)c3ccccc3)c1)[CH-]N2c1[c-]c(Oc2[c-]c3c(cc2)c2ccccc2n3-c2cc(C(C)(C)C)ccn2)cc(C(C)(C)C)c1.[CH3-].[Pt+4]. The van der Waals surface area contributed by atoms with Crippen molar-refractivity contribution in [3.8, 4) is 17.3 Å². The molecule has 0 atom stereocenters. The Morgan fingerprint density at radius 1 is 0.565 bits per heavy atom. The number of pyridine rings is 1. The Bertz CT molecular complexity index is 2910. The van der Waals surface area contributed by atoms with E-state index in [0.29, 0.717) is 11.5 Å². The number of aryl methyl sites for hydroxylation is 2. The molecule has 1 aliphatic heterocycles. The minimum Gasteiger partial charge on any atom is -0.509 e. The quantitative estimate of drug-likeness (QED) is 0.149. The van der Waals surface area contributed by atoms with Gasteiger partial charge in [0.05, 0.1) is 0 Å². The zero-order chi connectivity index (χ0) is 42.1. The van der Waals surface area contributed by atoms with E-state index >= 15 is 0 Å². The van der Waals surface area contributed by atoms with Crippen LogP contribution in [0.25, 0.3) is 27.6 Å². The zero-order valence-corrected chi connectivity index (χ0v) is 40.1. The summed E-state index contributed by atoms with van der Waals surface area (Å²) >= 11 is 0. The van der Waals surface area contributed by atoms with Gasteiger partial charge in [0.25, 0.3) is 0 Å². The molecule has 2 aromatic heterocycles. The average molecular weight is 996 g/mol. The summed E-state index contributed by atoms with van der Waals surface area (Å²) in [6, 6.07) is 53.0. The number of rotatable bonds is 7. The molecule has 62 heavy (non-hydrogen) atoms. The fourth-order valence-corrected chi connectivity index (χ4v) is 8.32. The molecule has 1 aliphatic rings. The van der Waals surface area contributed by atoms with Gasteiger partial charge in [0.2, 0.25) is 0 Å². The van der Waals surface area contributed by atoms with Crippen molar-refractivity contribution in [3.63, 3.8) is 0 Å². The van der Waals surface area contributed by atoms with Gasteiger partial charge in [-0.15, -0.1) is 53.6 Å². The van der Waals surface area contributed by atoms with Gasteiger partial charge in [0, 0.05) is 45.7 Å². The van der Waals surface area contributed by atoms with E-state index in [1.165, 1.54) is 27.8 Å². The maximum atomic E-state index is 6.83. The molecule has 0 N–H and O–H groups in total. The Morgan fingerprint density at radius 2 is 1.23 bits per heavy atom. The molecule has 0 spiro atoms. The Hall–Kier alpha value is -5.64. The number of nitrogens with zero attached hydrogens (tertiary/aromatic N) is 4. The molecule has 0 bridgehead atoms. The first-order chi connectivity index (χ1) is 28.6. The number of ether oxygens (including phenoxy) is 1. The molecular weight excluding hydrogens is 940 g/mol. The van der Waals surface area contributed by atoms with E-state index in [0.717, 1.165) is 55.9 Å². The summed E-state index contributed by atoms with van der Waals surface area (Å²) in [4.78, 5) is 9.45. The molecule has 316 valence electrons. The summed E-state index contributed by atoms with van der Waals surface area (Å²) in [5.74, 6) is 2.11. The molecule has 0 amide bonds. The monoisotopic (exact) mass is 995 g/mol. The third kappa shape index (κ3) is 8.08. The van der Waals surface area contributed by atoms with E-state index in [4.69, 9.17) is 9.72 Å². The van der Waals surface area contributed by atoms with E-state index in [9.17, 15) is 0 Å². The van der Waals surface area contributed by atoms with Crippen molar-refractivity contribution in [1.82, 2.24) is 9.55 Å². The van der Waals surface area contributed by atoms with Gasteiger partial charge in [-0.05, 0) is 100 Å². The van der Waals surface area contributed by atoms with Crippen LogP contribution in [0.4, 0.5) is 22.7 Å². The summed E-state index contributed by atoms with van der Waals surface area (Å²) in [5.41, 5.74) is 13.3. The number of aromatic nitrogens is 2. The maximum Gasteiger partial charge on any atom is 4.00 e. The van der Waals surface area contributed by atoms with Crippen LogP contribution in [0, 0.1) is 40.1 Å². The van der Waals surface area contributed by atoms with E-state index in [2.05, 4.69) is 224 Å². The predicted octanol–water partition coefficient (Wildman–Crippen LogP) is 15.0. The van der Waals surface area contributed by atoms with Gasteiger partial charge < -0.3 is 26.5 Å². The molecule has 3 heterocycles.